The average molecular weight is 376 g/mol. The molecule has 21 heavy (non-hydrogen) atoms. The number of benzene rings is 1. The lowest BCUT2D eigenvalue weighted by Crippen LogP contribution is -1.97. The first-order valence-electron chi connectivity index (χ1n) is 8.32. The summed E-state index contributed by atoms with van der Waals surface area (Å²) in [6.07, 6.45) is 13.4. The summed E-state index contributed by atoms with van der Waals surface area (Å²) in [6.45, 7) is 3.02. The molecule has 0 atom stereocenters. The van der Waals surface area contributed by atoms with Gasteiger partial charge < -0.3 is 4.74 Å². The van der Waals surface area contributed by atoms with Gasteiger partial charge >= 0.3 is 0 Å². The average Bonchev–Trinajstić information content (AvgIpc) is 2.48. The van der Waals surface area contributed by atoms with Crippen LogP contribution in [0, 0.1) is 0 Å². The van der Waals surface area contributed by atoms with Gasteiger partial charge in [0.1, 0.15) is 5.75 Å². The Morgan fingerprint density at radius 2 is 1.48 bits per heavy atom. The molecule has 0 aliphatic carbocycles. The van der Waals surface area contributed by atoms with Crippen molar-refractivity contribution in [3.05, 3.63) is 27.7 Å². The van der Waals surface area contributed by atoms with Gasteiger partial charge in [-0.05, 0) is 24.6 Å². The van der Waals surface area contributed by atoms with Gasteiger partial charge in [-0.3, -0.25) is 0 Å². The predicted octanol–water partition coefficient (Wildman–Crippen LogP) is 7.40. The van der Waals surface area contributed by atoms with E-state index in [1.807, 2.05) is 18.2 Å². The zero-order valence-electron chi connectivity index (χ0n) is 13.2. The first kappa shape index (κ1) is 18.8. The Balaban J connectivity index is 1.94. The second-order valence-electron chi connectivity index (χ2n) is 5.61. The SMILES string of the molecule is CCCCCCCCCCCCOc1cc(Br)ccc1Cl. The lowest BCUT2D eigenvalue weighted by molar-refractivity contribution is 0.304. The number of unbranched alkanes of at least 4 members (excludes halogenated alkanes) is 9. The van der Waals surface area contributed by atoms with E-state index in [0.717, 1.165) is 23.2 Å². The van der Waals surface area contributed by atoms with E-state index in [0.29, 0.717) is 5.02 Å². The largest absolute Gasteiger partial charge is 0.492 e. The first-order chi connectivity index (χ1) is 10.2. The van der Waals surface area contributed by atoms with Gasteiger partial charge in [-0.25, -0.2) is 0 Å². The van der Waals surface area contributed by atoms with Crippen molar-refractivity contribution in [3.63, 3.8) is 0 Å². The van der Waals surface area contributed by atoms with E-state index in [-0.39, 0.29) is 0 Å². The van der Waals surface area contributed by atoms with Crippen LogP contribution in [-0.2, 0) is 0 Å². The van der Waals surface area contributed by atoms with Crippen LogP contribution in [0.4, 0.5) is 0 Å². The van der Waals surface area contributed by atoms with Crippen LogP contribution in [0.5, 0.6) is 5.75 Å². The lowest BCUT2D eigenvalue weighted by Gasteiger charge is -2.08. The molecule has 1 nitrogen and oxygen atoms in total. The maximum Gasteiger partial charge on any atom is 0.139 e. The summed E-state index contributed by atoms with van der Waals surface area (Å²) in [6, 6.07) is 5.72. The Labute approximate surface area is 143 Å². The molecule has 0 bridgehead atoms. The zero-order chi connectivity index (χ0) is 15.3. The molecule has 0 saturated carbocycles. The second kappa shape index (κ2) is 12.3. The molecule has 0 N–H and O–H groups in total. The van der Waals surface area contributed by atoms with Crippen LogP contribution in [0.25, 0.3) is 0 Å². The molecule has 0 aromatic heterocycles. The summed E-state index contributed by atoms with van der Waals surface area (Å²) in [5, 5.41) is 0.685. The van der Waals surface area contributed by atoms with Gasteiger partial charge in [0.05, 0.1) is 11.6 Å². The molecule has 1 aromatic rings. The fourth-order valence-electron chi connectivity index (χ4n) is 2.36. The second-order valence-corrected chi connectivity index (χ2v) is 6.93. The van der Waals surface area contributed by atoms with E-state index in [9.17, 15) is 0 Å². The topological polar surface area (TPSA) is 9.23 Å². The molecule has 0 aliphatic heterocycles. The minimum atomic E-state index is 0.685. The molecule has 0 spiro atoms. The maximum absolute atomic E-state index is 6.08. The van der Waals surface area contributed by atoms with Gasteiger partial charge in [0.2, 0.25) is 0 Å². The van der Waals surface area contributed by atoms with E-state index in [4.69, 9.17) is 16.3 Å². The van der Waals surface area contributed by atoms with Crippen LogP contribution in [0.1, 0.15) is 71.1 Å². The highest BCUT2D eigenvalue weighted by molar-refractivity contribution is 9.10. The van der Waals surface area contributed by atoms with Crippen molar-refractivity contribution in [1.29, 1.82) is 0 Å². The smallest absolute Gasteiger partial charge is 0.139 e. The predicted molar refractivity (Wildman–Crippen MR) is 96.5 cm³/mol. The number of ether oxygens (including phenoxy) is 1. The van der Waals surface area contributed by atoms with Crippen LogP contribution >= 0.6 is 27.5 Å². The Morgan fingerprint density at radius 3 is 2.10 bits per heavy atom. The van der Waals surface area contributed by atoms with Crippen molar-refractivity contribution in [3.8, 4) is 5.75 Å². The van der Waals surface area contributed by atoms with E-state index in [1.54, 1.807) is 0 Å². The lowest BCUT2D eigenvalue weighted by atomic mass is 10.1. The van der Waals surface area contributed by atoms with Crippen molar-refractivity contribution in [1.82, 2.24) is 0 Å². The molecule has 0 aliphatic rings. The molecule has 0 heterocycles. The van der Waals surface area contributed by atoms with E-state index in [2.05, 4.69) is 22.9 Å². The minimum Gasteiger partial charge on any atom is -0.492 e. The number of rotatable bonds is 12. The summed E-state index contributed by atoms with van der Waals surface area (Å²) in [7, 11) is 0. The quantitative estimate of drug-likeness (QED) is 0.346. The van der Waals surface area contributed by atoms with Gasteiger partial charge in [-0.2, -0.15) is 0 Å². The van der Waals surface area contributed by atoms with Crippen LogP contribution in [0.2, 0.25) is 5.02 Å². The summed E-state index contributed by atoms with van der Waals surface area (Å²) in [4.78, 5) is 0. The third-order valence-electron chi connectivity index (χ3n) is 3.65. The molecular formula is C18H28BrClO. The van der Waals surface area contributed by atoms with Crippen molar-refractivity contribution < 1.29 is 4.74 Å². The molecule has 0 saturated heterocycles. The normalized spacial score (nSPS) is 10.8. The van der Waals surface area contributed by atoms with E-state index >= 15 is 0 Å². The first-order valence-corrected chi connectivity index (χ1v) is 9.49. The molecule has 0 unspecified atom stereocenters. The van der Waals surface area contributed by atoms with Crippen LogP contribution in [0.3, 0.4) is 0 Å². The highest BCUT2D eigenvalue weighted by atomic mass is 79.9. The standard InChI is InChI=1S/C18H28BrClO/c1-2-3-4-5-6-7-8-9-10-11-14-21-18-15-16(19)12-13-17(18)20/h12-13,15H,2-11,14H2,1H3. The fraction of sp³-hybridized carbons (Fsp3) is 0.667. The molecule has 0 amide bonds. The van der Waals surface area contributed by atoms with Crippen molar-refractivity contribution >= 4 is 27.5 Å². The van der Waals surface area contributed by atoms with Gasteiger partial charge in [0.25, 0.3) is 0 Å². The van der Waals surface area contributed by atoms with Gasteiger partial charge in [0.15, 0.2) is 0 Å². The fourth-order valence-corrected chi connectivity index (χ4v) is 2.87. The molecule has 120 valence electrons. The molecule has 0 radical (unpaired) electrons. The molecule has 3 heteroatoms. The summed E-state index contributed by atoms with van der Waals surface area (Å²) >= 11 is 9.51. The zero-order valence-corrected chi connectivity index (χ0v) is 15.5. The van der Waals surface area contributed by atoms with Crippen molar-refractivity contribution in [2.75, 3.05) is 6.61 Å². The van der Waals surface area contributed by atoms with Crippen molar-refractivity contribution in [2.24, 2.45) is 0 Å². The van der Waals surface area contributed by atoms with E-state index < -0.39 is 0 Å². The molecule has 0 fully saturated rings. The Hall–Kier alpha value is -0.210. The number of hydrogen-bond acceptors (Lipinski definition) is 1. The molecule has 1 aromatic carbocycles. The van der Waals surface area contributed by atoms with Crippen LogP contribution in [-0.4, -0.2) is 6.61 Å². The van der Waals surface area contributed by atoms with Gasteiger partial charge in [-0.15, -0.1) is 0 Å². The van der Waals surface area contributed by atoms with E-state index in [1.165, 1.54) is 57.8 Å². The Morgan fingerprint density at radius 1 is 0.905 bits per heavy atom. The summed E-state index contributed by atoms with van der Waals surface area (Å²) in [5.41, 5.74) is 0. The highest BCUT2D eigenvalue weighted by Crippen LogP contribution is 2.28. The highest BCUT2D eigenvalue weighted by Gasteiger charge is 2.01. The monoisotopic (exact) mass is 374 g/mol. The van der Waals surface area contributed by atoms with Gasteiger partial charge in [0, 0.05) is 4.47 Å². The third-order valence-corrected chi connectivity index (χ3v) is 4.45. The third kappa shape index (κ3) is 9.42. The number of hydrogen-bond donors (Lipinski definition) is 0. The Kier molecular flexibility index (Phi) is 11.1. The molecular weight excluding hydrogens is 348 g/mol. The summed E-state index contributed by atoms with van der Waals surface area (Å²) in [5.74, 6) is 0.780. The number of halogens is 2. The molecule has 1 rings (SSSR count). The van der Waals surface area contributed by atoms with Gasteiger partial charge in [-0.1, -0.05) is 92.2 Å². The minimum absolute atomic E-state index is 0.685. The van der Waals surface area contributed by atoms with Crippen LogP contribution < -0.4 is 4.74 Å². The Bertz CT molecular complexity index is 381. The van der Waals surface area contributed by atoms with Crippen molar-refractivity contribution in [2.45, 2.75) is 71.1 Å². The summed E-state index contributed by atoms with van der Waals surface area (Å²) < 4.78 is 6.73. The van der Waals surface area contributed by atoms with Crippen LogP contribution in [0.15, 0.2) is 22.7 Å². The maximum atomic E-state index is 6.08.